The molecule has 0 aliphatic carbocycles. The molecule has 0 N–H and O–H groups in total. The first kappa shape index (κ1) is 18.7. The minimum atomic E-state index is -0.151. The summed E-state index contributed by atoms with van der Waals surface area (Å²) in [5.74, 6) is 0.138. The predicted octanol–water partition coefficient (Wildman–Crippen LogP) is 3.96. The van der Waals surface area contributed by atoms with Gasteiger partial charge in [-0.05, 0) is 43.0 Å². The topological polar surface area (TPSA) is 57.7 Å². The summed E-state index contributed by atoms with van der Waals surface area (Å²) >= 11 is 1.07. The van der Waals surface area contributed by atoms with Gasteiger partial charge in [-0.3, -0.25) is 19.3 Å². The lowest BCUT2D eigenvalue weighted by atomic mass is 10.0. The molecule has 0 aromatic heterocycles. The molecule has 2 heterocycles. The first-order valence-corrected chi connectivity index (χ1v) is 10.5. The Bertz CT molecular complexity index is 884. The Hall–Kier alpha value is -2.60. The van der Waals surface area contributed by atoms with Crippen molar-refractivity contribution in [3.8, 4) is 11.1 Å². The maximum absolute atomic E-state index is 12.8. The number of nitrogens with zero attached hydrogens (tertiary/aromatic N) is 2. The van der Waals surface area contributed by atoms with E-state index >= 15 is 0 Å². The first-order valence-electron chi connectivity index (χ1n) is 9.48. The summed E-state index contributed by atoms with van der Waals surface area (Å²) in [5, 5.41) is -0.151. The molecule has 2 aromatic carbocycles. The third kappa shape index (κ3) is 3.69. The molecule has 2 aromatic rings. The lowest BCUT2D eigenvalue weighted by Gasteiger charge is -2.35. The van der Waals surface area contributed by atoms with Gasteiger partial charge in [0, 0.05) is 24.7 Å². The van der Waals surface area contributed by atoms with Crippen LogP contribution in [-0.2, 0) is 4.79 Å². The molecule has 0 spiro atoms. The maximum atomic E-state index is 12.8. The average Bonchev–Trinajstić information content (AvgIpc) is 3.06. The number of piperidine rings is 1. The Labute approximate surface area is 168 Å². The van der Waals surface area contributed by atoms with Crippen molar-refractivity contribution in [2.24, 2.45) is 0 Å². The van der Waals surface area contributed by atoms with Crippen LogP contribution in [0, 0.1) is 6.92 Å². The number of imide groups is 1. The number of benzene rings is 2. The highest BCUT2D eigenvalue weighted by atomic mass is 32.2. The second-order valence-corrected chi connectivity index (χ2v) is 8.21. The van der Waals surface area contributed by atoms with Gasteiger partial charge in [-0.15, -0.1) is 0 Å². The van der Waals surface area contributed by atoms with Crippen molar-refractivity contribution in [2.75, 3.05) is 18.8 Å². The van der Waals surface area contributed by atoms with Gasteiger partial charge in [0.15, 0.2) is 0 Å². The van der Waals surface area contributed by atoms with Crippen molar-refractivity contribution in [2.45, 2.75) is 25.8 Å². The Kier molecular flexibility index (Phi) is 5.22. The molecular weight excluding hydrogens is 372 g/mol. The lowest BCUT2D eigenvalue weighted by molar-refractivity contribution is -0.126. The fourth-order valence-electron chi connectivity index (χ4n) is 3.78. The number of hydrogen-bond acceptors (Lipinski definition) is 4. The Morgan fingerprint density at radius 1 is 0.929 bits per heavy atom. The third-order valence-corrected chi connectivity index (χ3v) is 6.25. The van der Waals surface area contributed by atoms with Crippen LogP contribution in [0.3, 0.4) is 0 Å². The van der Waals surface area contributed by atoms with Crippen molar-refractivity contribution < 1.29 is 14.4 Å². The zero-order valence-corrected chi connectivity index (χ0v) is 16.6. The van der Waals surface area contributed by atoms with Gasteiger partial charge in [-0.1, -0.05) is 53.7 Å². The number of aryl methyl sites for hydroxylation is 1. The standard InChI is InChI=1S/C22H22N2O3S/c1-15-2-4-16(5-3-15)17-6-8-18(9-7-17)21(26)23-12-10-19(11-13-23)24-20(25)14-28-22(24)27/h2-9,19H,10-14H2,1H3. The minimum absolute atomic E-state index is 0.00218. The van der Waals surface area contributed by atoms with Crippen molar-refractivity contribution in [3.63, 3.8) is 0 Å². The van der Waals surface area contributed by atoms with Gasteiger partial charge >= 0.3 is 0 Å². The smallest absolute Gasteiger partial charge is 0.289 e. The molecule has 6 heteroatoms. The highest BCUT2D eigenvalue weighted by Crippen LogP contribution is 2.27. The number of thioether (sulfide) groups is 1. The van der Waals surface area contributed by atoms with E-state index in [-0.39, 0.29) is 28.8 Å². The average molecular weight is 394 g/mol. The lowest BCUT2D eigenvalue weighted by Crippen LogP contribution is -2.48. The normalized spacial score (nSPS) is 18.0. The van der Waals surface area contributed by atoms with Gasteiger partial charge in [0.1, 0.15) is 0 Å². The molecule has 5 nitrogen and oxygen atoms in total. The molecule has 144 valence electrons. The van der Waals surface area contributed by atoms with E-state index in [1.54, 1.807) is 0 Å². The summed E-state index contributed by atoms with van der Waals surface area (Å²) in [7, 11) is 0. The fraction of sp³-hybridized carbons (Fsp3) is 0.318. The summed E-state index contributed by atoms with van der Waals surface area (Å²) in [5.41, 5.74) is 4.09. The molecule has 3 amide bonds. The molecule has 2 fully saturated rings. The molecule has 0 unspecified atom stereocenters. The van der Waals surface area contributed by atoms with Crippen molar-refractivity contribution in [1.82, 2.24) is 9.80 Å². The summed E-state index contributed by atoms with van der Waals surface area (Å²) in [6.45, 7) is 3.18. The third-order valence-electron chi connectivity index (χ3n) is 5.42. The predicted molar refractivity (Wildman–Crippen MR) is 110 cm³/mol. The van der Waals surface area contributed by atoms with Crippen LogP contribution in [0.5, 0.6) is 0 Å². The quantitative estimate of drug-likeness (QED) is 0.791. The van der Waals surface area contributed by atoms with Crippen LogP contribution in [0.2, 0.25) is 0 Å². The molecule has 28 heavy (non-hydrogen) atoms. The van der Waals surface area contributed by atoms with Crippen molar-refractivity contribution in [1.29, 1.82) is 0 Å². The van der Waals surface area contributed by atoms with E-state index in [0.717, 1.165) is 22.9 Å². The summed E-state index contributed by atoms with van der Waals surface area (Å²) in [6, 6.07) is 15.9. The zero-order chi connectivity index (χ0) is 19.7. The van der Waals surface area contributed by atoms with E-state index in [1.807, 2.05) is 29.2 Å². The maximum Gasteiger partial charge on any atom is 0.289 e. The van der Waals surface area contributed by atoms with Crippen LogP contribution in [-0.4, -0.2) is 51.7 Å². The Morgan fingerprint density at radius 3 is 2.04 bits per heavy atom. The minimum Gasteiger partial charge on any atom is -0.338 e. The molecule has 0 atom stereocenters. The van der Waals surface area contributed by atoms with Crippen LogP contribution in [0.15, 0.2) is 48.5 Å². The Balaban J connectivity index is 1.39. The number of carbonyl (C=O) groups excluding carboxylic acids is 3. The molecule has 2 aliphatic heterocycles. The second-order valence-electron chi connectivity index (χ2n) is 7.29. The number of hydrogen-bond donors (Lipinski definition) is 0. The van der Waals surface area contributed by atoms with Gasteiger partial charge in [0.05, 0.1) is 5.75 Å². The first-order chi connectivity index (χ1) is 13.5. The van der Waals surface area contributed by atoms with Crippen molar-refractivity contribution in [3.05, 3.63) is 59.7 Å². The van der Waals surface area contributed by atoms with Crippen LogP contribution in [0.1, 0.15) is 28.8 Å². The monoisotopic (exact) mass is 394 g/mol. The molecule has 4 rings (SSSR count). The molecule has 2 aliphatic rings. The largest absolute Gasteiger partial charge is 0.338 e. The summed E-state index contributed by atoms with van der Waals surface area (Å²) in [6.07, 6.45) is 1.29. The van der Waals surface area contributed by atoms with Crippen LogP contribution < -0.4 is 0 Å². The highest BCUT2D eigenvalue weighted by molar-refractivity contribution is 8.14. The van der Waals surface area contributed by atoms with Crippen LogP contribution in [0.25, 0.3) is 11.1 Å². The highest BCUT2D eigenvalue weighted by Gasteiger charge is 2.38. The molecule has 0 bridgehead atoms. The Morgan fingerprint density at radius 2 is 1.50 bits per heavy atom. The van der Waals surface area contributed by atoms with E-state index in [9.17, 15) is 14.4 Å². The van der Waals surface area contributed by atoms with Crippen molar-refractivity contribution >= 4 is 28.8 Å². The van der Waals surface area contributed by atoms with E-state index in [4.69, 9.17) is 0 Å². The zero-order valence-electron chi connectivity index (χ0n) is 15.8. The van der Waals surface area contributed by atoms with Gasteiger partial charge in [0.2, 0.25) is 5.91 Å². The second kappa shape index (κ2) is 7.80. The van der Waals surface area contributed by atoms with Gasteiger partial charge in [0.25, 0.3) is 11.1 Å². The van der Waals surface area contributed by atoms with E-state index in [1.165, 1.54) is 10.5 Å². The van der Waals surface area contributed by atoms with E-state index in [0.29, 0.717) is 31.5 Å². The summed E-state index contributed by atoms with van der Waals surface area (Å²) in [4.78, 5) is 39.8. The SMILES string of the molecule is Cc1ccc(-c2ccc(C(=O)N3CCC(N4C(=O)CSC4=O)CC3)cc2)cc1. The number of rotatable bonds is 3. The molecular formula is C22H22N2O3S. The summed E-state index contributed by atoms with van der Waals surface area (Å²) < 4.78 is 0. The number of likely N-dealkylation sites (tertiary alicyclic amines) is 1. The number of amides is 3. The van der Waals surface area contributed by atoms with Gasteiger partial charge in [-0.25, -0.2) is 0 Å². The molecule has 2 saturated heterocycles. The van der Waals surface area contributed by atoms with Gasteiger partial charge in [-0.2, -0.15) is 0 Å². The van der Waals surface area contributed by atoms with Crippen LogP contribution >= 0.6 is 11.8 Å². The van der Waals surface area contributed by atoms with E-state index in [2.05, 4.69) is 31.2 Å². The van der Waals surface area contributed by atoms with E-state index < -0.39 is 0 Å². The fourth-order valence-corrected chi connectivity index (χ4v) is 4.55. The van der Waals surface area contributed by atoms with Gasteiger partial charge < -0.3 is 4.90 Å². The van der Waals surface area contributed by atoms with Crippen LogP contribution in [0.4, 0.5) is 4.79 Å². The number of carbonyl (C=O) groups is 3. The molecule has 0 saturated carbocycles. The molecule has 0 radical (unpaired) electrons.